The Balaban J connectivity index is 1.08. The molecule has 0 unspecified atom stereocenters. The van der Waals surface area contributed by atoms with E-state index in [1.807, 2.05) is 0 Å². The van der Waals surface area contributed by atoms with Gasteiger partial charge in [0.15, 0.2) is 0 Å². The Morgan fingerprint density at radius 1 is 0.275 bits per heavy atom. The number of benzene rings is 8. The highest BCUT2D eigenvalue weighted by Crippen LogP contribution is 2.40. The molecule has 3 heteroatoms. The molecule has 51 heavy (non-hydrogen) atoms. The van der Waals surface area contributed by atoms with Crippen LogP contribution in [0.4, 0.5) is 0 Å². The Labute approximate surface area is 293 Å². The summed E-state index contributed by atoms with van der Waals surface area (Å²) in [4.78, 5) is 0. The second-order valence-electron chi connectivity index (χ2n) is 13.4. The second kappa shape index (κ2) is 10.8. The molecule has 8 aromatic carbocycles. The summed E-state index contributed by atoms with van der Waals surface area (Å²) in [6.45, 7) is 0. The minimum atomic E-state index is 0.894. The van der Waals surface area contributed by atoms with E-state index in [4.69, 9.17) is 4.42 Å². The molecule has 0 spiro atoms. The number of hydrogen-bond acceptors (Lipinski definition) is 1. The van der Waals surface area contributed by atoms with Crippen molar-refractivity contribution < 1.29 is 4.42 Å². The van der Waals surface area contributed by atoms with E-state index in [2.05, 4.69) is 191 Å². The van der Waals surface area contributed by atoms with Gasteiger partial charge in [-0.2, -0.15) is 0 Å². The topological polar surface area (TPSA) is 23.0 Å². The number of nitrogens with zero attached hydrogens (tertiary/aromatic N) is 2. The summed E-state index contributed by atoms with van der Waals surface area (Å²) < 4.78 is 11.1. The third-order valence-corrected chi connectivity index (χ3v) is 10.5. The third-order valence-electron chi connectivity index (χ3n) is 10.5. The number of para-hydroxylation sites is 3. The van der Waals surface area contributed by atoms with E-state index >= 15 is 0 Å². The van der Waals surface area contributed by atoms with E-state index in [-0.39, 0.29) is 0 Å². The first kappa shape index (κ1) is 28.0. The van der Waals surface area contributed by atoms with Crippen LogP contribution in [0, 0.1) is 0 Å². The maximum atomic E-state index is 6.33. The van der Waals surface area contributed by atoms with Gasteiger partial charge in [-0.3, -0.25) is 0 Å². The van der Waals surface area contributed by atoms with Crippen molar-refractivity contribution in [3.63, 3.8) is 0 Å². The lowest BCUT2D eigenvalue weighted by Gasteiger charge is -2.09. The molecule has 0 atom stereocenters. The summed E-state index contributed by atoms with van der Waals surface area (Å²) in [5.74, 6) is 0. The van der Waals surface area contributed by atoms with Crippen molar-refractivity contribution in [1.82, 2.24) is 9.13 Å². The van der Waals surface area contributed by atoms with Gasteiger partial charge in [-0.15, -0.1) is 0 Å². The lowest BCUT2D eigenvalue weighted by Crippen LogP contribution is -1.93. The van der Waals surface area contributed by atoms with Gasteiger partial charge in [0, 0.05) is 43.7 Å². The maximum absolute atomic E-state index is 6.33. The molecule has 0 aliphatic heterocycles. The molecule has 0 aliphatic rings. The van der Waals surface area contributed by atoms with E-state index in [1.54, 1.807) is 0 Å². The SMILES string of the molecule is c1ccc(-c2ccc3oc4ccc(-n5c6ccccc6c6cc(-c7ccc8c(c7)c7ccccc7n8-c7ccccc7)ccc65)cc4c3c2)cc1. The Bertz CT molecular complexity index is 3130. The molecule has 0 saturated carbocycles. The van der Waals surface area contributed by atoms with Crippen molar-refractivity contribution in [2.45, 2.75) is 0 Å². The smallest absolute Gasteiger partial charge is 0.135 e. The van der Waals surface area contributed by atoms with Crippen LogP contribution in [-0.2, 0) is 0 Å². The van der Waals surface area contributed by atoms with Crippen LogP contribution in [0.25, 0.3) is 99.2 Å². The highest BCUT2D eigenvalue weighted by molar-refractivity contribution is 6.13. The average Bonchev–Trinajstić information content (AvgIpc) is 3.85. The summed E-state index contributed by atoms with van der Waals surface area (Å²) in [5, 5.41) is 7.23. The Hall–Kier alpha value is -6.84. The lowest BCUT2D eigenvalue weighted by atomic mass is 10.0. The monoisotopic (exact) mass is 650 g/mol. The Morgan fingerprint density at radius 2 is 0.725 bits per heavy atom. The summed E-state index contributed by atoms with van der Waals surface area (Å²) in [7, 11) is 0. The van der Waals surface area contributed by atoms with Gasteiger partial charge in [0.05, 0.1) is 22.1 Å². The normalized spacial score (nSPS) is 11.9. The molecule has 11 aromatic rings. The van der Waals surface area contributed by atoms with Crippen LogP contribution >= 0.6 is 0 Å². The number of fused-ring (bicyclic) bond motifs is 9. The summed E-state index contributed by atoms with van der Waals surface area (Å²) in [6.07, 6.45) is 0. The molecule has 3 heterocycles. The minimum absolute atomic E-state index is 0.894. The molecular formula is C48H30N2O. The van der Waals surface area contributed by atoms with E-state index in [1.165, 1.54) is 71.6 Å². The number of aromatic nitrogens is 2. The standard InChI is InChI=1S/C48H30N2O/c1-3-11-31(12-4-1)32-21-25-47-41(29-32)42-30-36(22-26-48(42)51-47)50-44-18-10-8-16-38(44)40-28-34(20-24-46(40)50)33-19-23-45-39(27-33)37-15-7-9-17-43(37)49(45)35-13-5-2-6-14-35/h1-30H. The van der Waals surface area contributed by atoms with E-state index in [0.717, 1.165) is 27.6 Å². The minimum Gasteiger partial charge on any atom is -0.456 e. The van der Waals surface area contributed by atoms with Crippen molar-refractivity contribution in [2.75, 3.05) is 0 Å². The zero-order chi connectivity index (χ0) is 33.5. The van der Waals surface area contributed by atoms with Gasteiger partial charge in [-0.1, -0.05) is 103 Å². The summed E-state index contributed by atoms with van der Waals surface area (Å²) in [6, 6.07) is 65.5. The molecule has 0 saturated heterocycles. The Morgan fingerprint density at radius 3 is 1.37 bits per heavy atom. The highest BCUT2D eigenvalue weighted by atomic mass is 16.3. The molecule has 0 amide bonds. The van der Waals surface area contributed by atoms with Gasteiger partial charge in [-0.05, 0) is 101 Å². The predicted octanol–water partition coefficient (Wildman–Crippen LogP) is 13.1. The molecular weight excluding hydrogens is 621 g/mol. The number of rotatable bonds is 4. The maximum Gasteiger partial charge on any atom is 0.135 e. The van der Waals surface area contributed by atoms with Gasteiger partial charge in [-0.25, -0.2) is 0 Å². The third kappa shape index (κ3) is 4.25. The Kier molecular flexibility index (Phi) is 5.96. The number of hydrogen-bond donors (Lipinski definition) is 0. The van der Waals surface area contributed by atoms with Crippen molar-refractivity contribution in [3.8, 4) is 33.6 Å². The first-order chi connectivity index (χ1) is 25.3. The molecule has 3 nitrogen and oxygen atoms in total. The van der Waals surface area contributed by atoms with Gasteiger partial charge >= 0.3 is 0 Å². The summed E-state index contributed by atoms with van der Waals surface area (Å²) >= 11 is 0. The quantitative estimate of drug-likeness (QED) is 0.186. The van der Waals surface area contributed by atoms with Crippen LogP contribution in [0.2, 0.25) is 0 Å². The lowest BCUT2D eigenvalue weighted by molar-refractivity contribution is 0.669. The molecule has 0 bridgehead atoms. The molecule has 11 rings (SSSR count). The fourth-order valence-corrected chi connectivity index (χ4v) is 8.15. The molecule has 238 valence electrons. The second-order valence-corrected chi connectivity index (χ2v) is 13.4. The van der Waals surface area contributed by atoms with Gasteiger partial charge < -0.3 is 13.6 Å². The highest BCUT2D eigenvalue weighted by Gasteiger charge is 2.17. The first-order valence-corrected chi connectivity index (χ1v) is 17.4. The first-order valence-electron chi connectivity index (χ1n) is 17.4. The fourth-order valence-electron chi connectivity index (χ4n) is 8.15. The van der Waals surface area contributed by atoms with Crippen LogP contribution in [0.5, 0.6) is 0 Å². The van der Waals surface area contributed by atoms with Crippen molar-refractivity contribution in [2.24, 2.45) is 0 Å². The van der Waals surface area contributed by atoms with E-state index in [0.29, 0.717) is 0 Å². The van der Waals surface area contributed by atoms with Gasteiger partial charge in [0.1, 0.15) is 11.2 Å². The zero-order valence-electron chi connectivity index (χ0n) is 27.6. The van der Waals surface area contributed by atoms with Crippen LogP contribution in [0.15, 0.2) is 186 Å². The largest absolute Gasteiger partial charge is 0.456 e. The van der Waals surface area contributed by atoms with Crippen molar-refractivity contribution in [3.05, 3.63) is 182 Å². The van der Waals surface area contributed by atoms with Crippen LogP contribution in [0.1, 0.15) is 0 Å². The van der Waals surface area contributed by atoms with Crippen molar-refractivity contribution in [1.29, 1.82) is 0 Å². The van der Waals surface area contributed by atoms with E-state index in [9.17, 15) is 0 Å². The molecule has 0 fully saturated rings. The predicted molar refractivity (Wildman–Crippen MR) is 213 cm³/mol. The van der Waals surface area contributed by atoms with Gasteiger partial charge in [0.25, 0.3) is 0 Å². The zero-order valence-corrected chi connectivity index (χ0v) is 27.6. The van der Waals surface area contributed by atoms with Gasteiger partial charge in [0.2, 0.25) is 0 Å². The molecule has 3 aromatic heterocycles. The summed E-state index contributed by atoms with van der Waals surface area (Å²) in [5.41, 5.74) is 13.7. The van der Waals surface area contributed by atoms with E-state index < -0.39 is 0 Å². The molecule has 0 radical (unpaired) electrons. The molecule has 0 N–H and O–H groups in total. The van der Waals surface area contributed by atoms with Crippen LogP contribution in [0.3, 0.4) is 0 Å². The molecule has 0 aliphatic carbocycles. The number of furan rings is 1. The van der Waals surface area contributed by atoms with Crippen LogP contribution < -0.4 is 0 Å². The fraction of sp³-hybridized carbons (Fsp3) is 0. The average molecular weight is 651 g/mol. The van der Waals surface area contributed by atoms with Crippen molar-refractivity contribution >= 4 is 65.6 Å². The van der Waals surface area contributed by atoms with Crippen LogP contribution in [-0.4, -0.2) is 9.13 Å².